The molecule has 2 aromatic carbocycles. The van der Waals surface area contributed by atoms with Gasteiger partial charge in [0, 0.05) is 5.39 Å². The van der Waals surface area contributed by atoms with Gasteiger partial charge in [-0.3, -0.25) is 4.79 Å². The fourth-order valence-electron chi connectivity index (χ4n) is 2.20. The van der Waals surface area contributed by atoms with Crippen LogP contribution in [0.1, 0.15) is 10.5 Å². The van der Waals surface area contributed by atoms with Crippen LogP contribution in [0.25, 0.3) is 16.6 Å². The normalized spacial score (nSPS) is 10.8. The molecule has 1 heterocycles. The standard InChI is InChI=1S/C14H11BFN3O/c15-8-1-6-11-12(7-8)18-19(13(11)14(17)20)10-4-2-9(16)3-5-10/h1-7H,15H2,(H2,17,20). The minimum atomic E-state index is -0.569. The Morgan fingerprint density at radius 3 is 2.55 bits per heavy atom. The van der Waals surface area contributed by atoms with Gasteiger partial charge in [-0.2, -0.15) is 5.10 Å². The largest absolute Gasteiger partial charge is 0.364 e. The Hall–Kier alpha value is -2.63. The average Bonchev–Trinajstić information content (AvgIpc) is 2.77. The molecule has 4 nitrogen and oxygen atoms in total. The second-order valence-electron chi connectivity index (χ2n) is 4.62. The molecule has 0 bridgehead atoms. The third kappa shape index (κ3) is 1.95. The van der Waals surface area contributed by atoms with Crippen LogP contribution in [-0.2, 0) is 0 Å². The number of nitrogens with two attached hydrogens (primary N) is 1. The first-order valence-corrected chi connectivity index (χ1v) is 6.11. The third-order valence-corrected chi connectivity index (χ3v) is 3.13. The zero-order valence-electron chi connectivity index (χ0n) is 10.8. The number of hydrogen-bond acceptors (Lipinski definition) is 2. The molecule has 2 N–H and O–H groups in total. The number of aromatic nitrogens is 2. The Labute approximate surface area is 115 Å². The van der Waals surface area contributed by atoms with Crippen LogP contribution in [-0.4, -0.2) is 23.5 Å². The molecule has 0 aliphatic carbocycles. The van der Waals surface area contributed by atoms with Gasteiger partial charge in [0.2, 0.25) is 0 Å². The highest BCUT2D eigenvalue weighted by atomic mass is 19.1. The first-order chi connectivity index (χ1) is 9.56. The quantitative estimate of drug-likeness (QED) is 0.688. The van der Waals surface area contributed by atoms with Crippen LogP contribution >= 0.6 is 0 Å². The van der Waals surface area contributed by atoms with Crippen molar-refractivity contribution in [2.24, 2.45) is 5.73 Å². The van der Waals surface area contributed by atoms with Crippen molar-refractivity contribution in [2.45, 2.75) is 0 Å². The van der Waals surface area contributed by atoms with Gasteiger partial charge in [0.1, 0.15) is 19.4 Å². The Kier molecular flexibility index (Phi) is 2.78. The van der Waals surface area contributed by atoms with E-state index >= 15 is 0 Å². The Morgan fingerprint density at radius 2 is 1.90 bits per heavy atom. The number of carbonyl (C=O) groups is 1. The maximum atomic E-state index is 13.0. The molecule has 98 valence electrons. The molecule has 0 fully saturated rings. The first-order valence-electron chi connectivity index (χ1n) is 6.11. The predicted molar refractivity (Wildman–Crippen MR) is 77.7 cm³/mol. The highest BCUT2D eigenvalue weighted by Crippen LogP contribution is 2.21. The minimum Gasteiger partial charge on any atom is -0.364 e. The number of benzene rings is 2. The molecule has 0 spiro atoms. The maximum absolute atomic E-state index is 13.0. The molecule has 0 aliphatic rings. The van der Waals surface area contributed by atoms with Crippen LogP contribution in [0.5, 0.6) is 0 Å². The molecule has 1 aromatic heterocycles. The van der Waals surface area contributed by atoms with E-state index in [-0.39, 0.29) is 5.82 Å². The number of rotatable bonds is 2. The van der Waals surface area contributed by atoms with E-state index in [9.17, 15) is 9.18 Å². The SMILES string of the molecule is Bc1ccc2c(C(N)=O)n(-c3ccc(F)cc3)nc2c1. The summed E-state index contributed by atoms with van der Waals surface area (Å²) in [5, 5.41) is 5.08. The van der Waals surface area contributed by atoms with Crippen molar-refractivity contribution in [1.29, 1.82) is 0 Å². The Morgan fingerprint density at radius 1 is 1.20 bits per heavy atom. The summed E-state index contributed by atoms with van der Waals surface area (Å²) < 4.78 is 14.4. The third-order valence-electron chi connectivity index (χ3n) is 3.13. The summed E-state index contributed by atoms with van der Waals surface area (Å²) in [6.45, 7) is 0. The van der Waals surface area contributed by atoms with Crippen molar-refractivity contribution in [1.82, 2.24) is 9.78 Å². The van der Waals surface area contributed by atoms with E-state index in [1.54, 1.807) is 12.1 Å². The lowest BCUT2D eigenvalue weighted by Crippen LogP contribution is -2.17. The van der Waals surface area contributed by atoms with E-state index in [0.29, 0.717) is 22.3 Å². The number of halogens is 1. The summed E-state index contributed by atoms with van der Waals surface area (Å²) >= 11 is 0. The molecule has 1 amide bonds. The van der Waals surface area contributed by atoms with E-state index in [0.717, 1.165) is 5.46 Å². The van der Waals surface area contributed by atoms with Gasteiger partial charge in [-0.25, -0.2) is 9.07 Å². The van der Waals surface area contributed by atoms with Gasteiger partial charge in [-0.05, 0) is 30.3 Å². The average molecular weight is 267 g/mol. The summed E-state index contributed by atoms with van der Waals surface area (Å²) in [6, 6.07) is 11.3. The Bertz CT molecular complexity index is 811. The Balaban J connectivity index is 2.31. The molecule has 0 radical (unpaired) electrons. The summed E-state index contributed by atoms with van der Waals surface area (Å²) in [6.07, 6.45) is 0. The highest BCUT2D eigenvalue weighted by Gasteiger charge is 2.17. The van der Waals surface area contributed by atoms with E-state index < -0.39 is 5.91 Å². The van der Waals surface area contributed by atoms with E-state index in [4.69, 9.17) is 5.73 Å². The number of carbonyl (C=O) groups excluding carboxylic acids is 1. The molecule has 0 atom stereocenters. The van der Waals surface area contributed by atoms with Gasteiger partial charge in [0.25, 0.3) is 5.91 Å². The molecule has 20 heavy (non-hydrogen) atoms. The van der Waals surface area contributed by atoms with E-state index in [1.165, 1.54) is 16.8 Å². The lowest BCUT2D eigenvalue weighted by atomic mass is 9.95. The lowest BCUT2D eigenvalue weighted by Gasteiger charge is -2.04. The molecule has 3 rings (SSSR count). The van der Waals surface area contributed by atoms with Gasteiger partial charge >= 0.3 is 0 Å². The number of primary amides is 1. The highest BCUT2D eigenvalue weighted by molar-refractivity contribution is 6.33. The maximum Gasteiger partial charge on any atom is 0.268 e. The van der Waals surface area contributed by atoms with Crippen molar-refractivity contribution in [3.8, 4) is 5.69 Å². The van der Waals surface area contributed by atoms with Gasteiger partial charge < -0.3 is 5.73 Å². The van der Waals surface area contributed by atoms with Crippen LogP contribution < -0.4 is 11.2 Å². The number of hydrogen-bond donors (Lipinski definition) is 1. The topological polar surface area (TPSA) is 60.9 Å². The van der Waals surface area contributed by atoms with Crippen LogP contribution in [0.15, 0.2) is 42.5 Å². The van der Waals surface area contributed by atoms with Crippen molar-refractivity contribution < 1.29 is 9.18 Å². The molecule has 0 unspecified atom stereocenters. The minimum absolute atomic E-state index is 0.298. The van der Waals surface area contributed by atoms with Crippen LogP contribution in [0.2, 0.25) is 0 Å². The van der Waals surface area contributed by atoms with Crippen molar-refractivity contribution in [3.05, 3.63) is 54.0 Å². The van der Waals surface area contributed by atoms with Gasteiger partial charge in [0.05, 0.1) is 11.2 Å². The fraction of sp³-hybridized carbons (Fsp3) is 0. The van der Waals surface area contributed by atoms with Crippen LogP contribution in [0.4, 0.5) is 4.39 Å². The number of nitrogens with zero attached hydrogens (tertiary/aromatic N) is 2. The fourth-order valence-corrected chi connectivity index (χ4v) is 2.20. The van der Waals surface area contributed by atoms with E-state index in [1.807, 2.05) is 26.0 Å². The molecule has 6 heteroatoms. The summed E-state index contributed by atoms with van der Waals surface area (Å²) in [5.41, 5.74) is 8.07. The summed E-state index contributed by atoms with van der Waals surface area (Å²) in [4.78, 5) is 11.7. The summed E-state index contributed by atoms with van der Waals surface area (Å²) in [5.74, 6) is -0.914. The molecular formula is C14H11BFN3O. The van der Waals surface area contributed by atoms with E-state index in [2.05, 4.69) is 5.10 Å². The zero-order chi connectivity index (χ0) is 14.3. The molecular weight excluding hydrogens is 256 g/mol. The van der Waals surface area contributed by atoms with Crippen molar-refractivity contribution in [3.63, 3.8) is 0 Å². The number of fused-ring (bicyclic) bond motifs is 1. The van der Waals surface area contributed by atoms with Gasteiger partial charge in [-0.15, -0.1) is 0 Å². The molecule has 3 aromatic rings. The monoisotopic (exact) mass is 267 g/mol. The van der Waals surface area contributed by atoms with Gasteiger partial charge in [0.15, 0.2) is 0 Å². The molecule has 0 aliphatic heterocycles. The molecule has 0 saturated carbocycles. The van der Waals surface area contributed by atoms with Crippen LogP contribution in [0, 0.1) is 5.82 Å². The number of amides is 1. The van der Waals surface area contributed by atoms with Gasteiger partial charge in [-0.1, -0.05) is 17.6 Å². The lowest BCUT2D eigenvalue weighted by molar-refractivity contribution is 0.0994. The zero-order valence-corrected chi connectivity index (χ0v) is 10.8. The second-order valence-corrected chi connectivity index (χ2v) is 4.62. The second kappa shape index (κ2) is 4.49. The first kappa shape index (κ1) is 12.4. The van der Waals surface area contributed by atoms with Crippen LogP contribution in [0.3, 0.4) is 0 Å². The van der Waals surface area contributed by atoms with Crippen molar-refractivity contribution >= 4 is 30.1 Å². The predicted octanol–water partition coefficient (Wildman–Crippen LogP) is 0.522. The summed E-state index contributed by atoms with van der Waals surface area (Å²) in [7, 11) is 1.94. The smallest absolute Gasteiger partial charge is 0.268 e. The van der Waals surface area contributed by atoms with Crippen molar-refractivity contribution in [2.75, 3.05) is 0 Å². The molecule has 0 saturated heterocycles.